The van der Waals surface area contributed by atoms with E-state index in [0.29, 0.717) is 19.3 Å². The first kappa shape index (κ1) is 58.1. The van der Waals surface area contributed by atoms with Crippen molar-refractivity contribution in [3.05, 3.63) is 60.8 Å². The van der Waals surface area contributed by atoms with Crippen LogP contribution in [-0.4, -0.2) is 37.2 Å². The molecule has 0 spiro atoms. The van der Waals surface area contributed by atoms with Crippen LogP contribution in [0.15, 0.2) is 60.8 Å². The number of hydrogen-bond acceptors (Lipinski definition) is 6. The van der Waals surface area contributed by atoms with Gasteiger partial charge < -0.3 is 14.2 Å². The quantitative estimate of drug-likeness (QED) is 0.0263. The monoisotopic (exact) mass is 853 g/mol. The van der Waals surface area contributed by atoms with Crippen molar-refractivity contribution >= 4 is 17.9 Å². The Morgan fingerprint density at radius 1 is 0.328 bits per heavy atom. The van der Waals surface area contributed by atoms with Crippen LogP contribution >= 0.6 is 0 Å². The maximum Gasteiger partial charge on any atom is 0.306 e. The summed E-state index contributed by atoms with van der Waals surface area (Å²) < 4.78 is 16.7. The Bertz CT molecular complexity index is 1120. The average molecular weight is 853 g/mol. The highest BCUT2D eigenvalue weighted by molar-refractivity contribution is 5.71. The van der Waals surface area contributed by atoms with Gasteiger partial charge in [-0.15, -0.1) is 0 Å². The fourth-order valence-electron chi connectivity index (χ4n) is 7.07. The van der Waals surface area contributed by atoms with E-state index in [9.17, 15) is 14.4 Å². The molecular formula is C55H96O6. The minimum absolute atomic E-state index is 0.0880. The summed E-state index contributed by atoms with van der Waals surface area (Å²) in [5, 5.41) is 0. The van der Waals surface area contributed by atoms with E-state index in [-0.39, 0.29) is 31.1 Å². The lowest BCUT2D eigenvalue weighted by Gasteiger charge is -2.18. The standard InChI is InChI=1S/C55H96O6/c1-4-7-10-13-16-19-22-24-26-27-29-31-34-37-40-43-46-49-55(58)61-52(50-59-53(56)47-44-41-38-35-32-21-18-15-12-9-6-3)51-60-54(57)48-45-42-39-36-33-30-28-25-23-20-17-14-11-8-5-2/h16-17,19-20,24-26,28,33,36,52H,4-15,18,21-23,27,29-32,34-35,37-51H2,1-3H3/b19-16-,20-17-,26-24-,28-25-,36-33-/t52-/m0/s1. The zero-order chi connectivity index (χ0) is 44.4. The molecule has 0 radical (unpaired) electrons. The van der Waals surface area contributed by atoms with Crippen molar-refractivity contribution in [3.63, 3.8) is 0 Å². The summed E-state index contributed by atoms with van der Waals surface area (Å²) in [5.74, 6) is -0.933. The summed E-state index contributed by atoms with van der Waals surface area (Å²) in [6.45, 7) is 6.54. The van der Waals surface area contributed by atoms with Gasteiger partial charge in [0, 0.05) is 19.3 Å². The van der Waals surface area contributed by atoms with E-state index in [4.69, 9.17) is 14.2 Å². The molecule has 0 amide bonds. The van der Waals surface area contributed by atoms with Crippen LogP contribution in [0.25, 0.3) is 0 Å². The third-order valence-electron chi connectivity index (χ3n) is 11.0. The van der Waals surface area contributed by atoms with Gasteiger partial charge in [-0.2, -0.15) is 0 Å². The Morgan fingerprint density at radius 2 is 0.590 bits per heavy atom. The first-order chi connectivity index (χ1) is 30.0. The topological polar surface area (TPSA) is 78.9 Å². The number of allylic oxidation sites excluding steroid dienone is 10. The minimum Gasteiger partial charge on any atom is -0.462 e. The molecule has 6 nitrogen and oxygen atoms in total. The first-order valence-electron chi connectivity index (χ1n) is 25.8. The zero-order valence-corrected chi connectivity index (χ0v) is 40.2. The molecule has 0 fully saturated rings. The van der Waals surface area contributed by atoms with Crippen LogP contribution in [-0.2, 0) is 28.6 Å². The molecule has 1 atom stereocenters. The van der Waals surface area contributed by atoms with Gasteiger partial charge in [-0.1, -0.05) is 204 Å². The summed E-state index contributed by atoms with van der Waals surface area (Å²) in [5.41, 5.74) is 0. The normalized spacial score (nSPS) is 12.5. The van der Waals surface area contributed by atoms with E-state index in [2.05, 4.69) is 81.5 Å². The van der Waals surface area contributed by atoms with Gasteiger partial charge in [-0.25, -0.2) is 0 Å². The van der Waals surface area contributed by atoms with Gasteiger partial charge in [0.05, 0.1) is 0 Å². The third kappa shape index (κ3) is 48.0. The number of carbonyl (C=O) groups is 3. The second-order valence-corrected chi connectivity index (χ2v) is 17.1. The molecule has 6 heteroatoms. The number of hydrogen-bond donors (Lipinski definition) is 0. The first-order valence-corrected chi connectivity index (χ1v) is 25.8. The second-order valence-electron chi connectivity index (χ2n) is 17.1. The fraction of sp³-hybridized carbons (Fsp3) is 0.764. The Labute approximate surface area is 377 Å². The molecule has 0 rings (SSSR count). The Morgan fingerprint density at radius 3 is 0.984 bits per heavy atom. The van der Waals surface area contributed by atoms with Crippen LogP contribution in [0, 0.1) is 0 Å². The number of rotatable bonds is 46. The van der Waals surface area contributed by atoms with Crippen molar-refractivity contribution in [2.75, 3.05) is 13.2 Å². The van der Waals surface area contributed by atoms with Crippen molar-refractivity contribution in [3.8, 4) is 0 Å². The average Bonchev–Trinajstić information content (AvgIpc) is 3.26. The molecule has 0 bridgehead atoms. The summed E-state index contributed by atoms with van der Waals surface area (Å²) >= 11 is 0. The molecule has 0 aliphatic rings. The highest BCUT2D eigenvalue weighted by atomic mass is 16.6. The van der Waals surface area contributed by atoms with Crippen molar-refractivity contribution in [1.29, 1.82) is 0 Å². The molecular weight excluding hydrogens is 757 g/mol. The van der Waals surface area contributed by atoms with Crippen LogP contribution in [0.4, 0.5) is 0 Å². The lowest BCUT2D eigenvalue weighted by atomic mass is 10.1. The lowest BCUT2D eigenvalue weighted by Crippen LogP contribution is -2.30. The summed E-state index contributed by atoms with van der Waals surface area (Å²) in [4.78, 5) is 37.9. The van der Waals surface area contributed by atoms with Gasteiger partial charge in [0.25, 0.3) is 0 Å². The third-order valence-corrected chi connectivity index (χ3v) is 11.0. The largest absolute Gasteiger partial charge is 0.462 e. The Balaban J connectivity index is 4.43. The molecule has 0 aliphatic heterocycles. The summed E-state index contributed by atoms with van der Waals surface area (Å²) in [6.07, 6.45) is 60.6. The molecule has 0 aromatic heterocycles. The second kappa shape index (κ2) is 49.8. The zero-order valence-electron chi connectivity index (χ0n) is 40.2. The van der Waals surface area contributed by atoms with Crippen molar-refractivity contribution in [2.24, 2.45) is 0 Å². The van der Waals surface area contributed by atoms with Gasteiger partial charge in [0.2, 0.25) is 0 Å². The highest BCUT2D eigenvalue weighted by Crippen LogP contribution is 2.14. The SMILES string of the molecule is CCCCC/C=C\C/C=C\C/C=C\CCCCC(=O)OC[C@H](COC(=O)CCCCCCCCCCCCC)OC(=O)CCCCCCCCC/C=C\C/C=C\CCCCC. The molecule has 0 unspecified atom stereocenters. The van der Waals surface area contributed by atoms with Gasteiger partial charge in [0.1, 0.15) is 13.2 Å². The molecule has 0 saturated carbocycles. The van der Waals surface area contributed by atoms with E-state index < -0.39 is 6.10 Å². The maximum atomic E-state index is 12.8. The smallest absolute Gasteiger partial charge is 0.306 e. The van der Waals surface area contributed by atoms with Crippen molar-refractivity contribution in [1.82, 2.24) is 0 Å². The predicted molar refractivity (Wildman–Crippen MR) is 261 cm³/mol. The van der Waals surface area contributed by atoms with E-state index in [1.165, 1.54) is 128 Å². The van der Waals surface area contributed by atoms with Gasteiger partial charge in [0.15, 0.2) is 6.10 Å². The highest BCUT2D eigenvalue weighted by Gasteiger charge is 2.19. The van der Waals surface area contributed by atoms with E-state index >= 15 is 0 Å². The molecule has 0 heterocycles. The van der Waals surface area contributed by atoms with Crippen LogP contribution in [0.2, 0.25) is 0 Å². The number of esters is 3. The molecule has 0 aromatic carbocycles. The van der Waals surface area contributed by atoms with Gasteiger partial charge in [-0.05, 0) is 89.9 Å². The predicted octanol–water partition coefficient (Wildman–Crippen LogP) is 16.9. The van der Waals surface area contributed by atoms with Gasteiger partial charge in [-0.3, -0.25) is 14.4 Å². The number of unbranched alkanes of at least 4 members (excludes halogenated alkanes) is 25. The summed E-state index contributed by atoms with van der Waals surface area (Å²) in [6, 6.07) is 0. The molecule has 0 aromatic rings. The number of ether oxygens (including phenoxy) is 3. The van der Waals surface area contributed by atoms with Crippen LogP contribution in [0.1, 0.15) is 252 Å². The Hall–Kier alpha value is -2.89. The summed E-state index contributed by atoms with van der Waals surface area (Å²) in [7, 11) is 0. The molecule has 352 valence electrons. The van der Waals surface area contributed by atoms with E-state index in [0.717, 1.165) is 83.5 Å². The lowest BCUT2D eigenvalue weighted by molar-refractivity contribution is -0.167. The van der Waals surface area contributed by atoms with Crippen LogP contribution in [0.3, 0.4) is 0 Å². The minimum atomic E-state index is -0.791. The van der Waals surface area contributed by atoms with Crippen LogP contribution < -0.4 is 0 Å². The number of carbonyl (C=O) groups excluding carboxylic acids is 3. The molecule has 0 saturated heterocycles. The molecule has 0 N–H and O–H groups in total. The Kier molecular flexibility index (Phi) is 47.4. The van der Waals surface area contributed by atoms with E-state index in [1.54, 1.807) is 0 Å². The van der Waals surface area contributed by atoms with Gasteiger partial charge >= 0.3 is 17.9 Å². The maximum absolute atomic E-state index is 12.8. The van der Waals surface area contributed by atoms with Crippen molar-refractivity contribution in [2.45, 2.75) is 258 Å². The van der Waals surface area contributed by atoms with Crippen molar-refractivity contribution < 1.29 is 28.6 Å². The van der Waals surface area contributed by atoms with Crippen LogP contribution in [0.5, 0.6) is 0 Å². The van der Waals surface area contributed by atoms with E-state index in [1.807, 2.05) is 0 Å². The fourth-order valence-corrected chi connectivity index (χ4v) is 7.07. The molecule has 0 aliphatic carbocycles. The molecule has 61 heavy (non-hydrogen) atoms.